The molecule has 0 aliphatic carbocycles. The van der Waals surface area contributed by atoms with E-state index in [4.69, 9.17) is 5.11 Å². The van der Waals surface area contributed by atoms with Gasteiger partial charge in [-0.2, -0.15) is 0 Å². The second-order valence-corrected chi connectivity index (χ2v) is 3.24. The van der Waals surface area contributed by atoms with Crippen LogP contribution in [0.15, 0.2) is 24.5 Å². The Balaban J connectivity index is 2.24. The van der Waals surface area contributed by atoms with E-state index in [9.17, 15) is 9.59 Å². The summed E-state index contributed by atoms with van der Waals surface area (Å²) in [5, 5.41) is 11.0. The van der Waals surface area contributed by atoms with Gasteiger partial charge in [0.1, 0.15) is 0 Å². The third kappa shape index (κ3) is 4.94. The van der Waals surface area contributed by atoms with Crippen LogP contribution in [0, 0.1) is 0 Å². The number of carboxylic acid groups (broad SMARTS) is 1. The summed E-state index contributed by atoms with van der Waals surface area (Å²) in [7, 11) is 0. The molecule has 0 aromatic carbocycles. The number of hydroxylamine groups is 1. The highest BCUT2D eigenvalue weighted by Crippen LogP contribution is 1.94. The first kappa shape index (κ1) is 12.9. The van der Waals surface area contributed by atoms with Gasteiger partial charge in [0.2, 0.25) is 0 Å². The van der Waals surface area contributed by atoms with Crippen LogP contribution in [0.25, 0.3) is 0 Å². The number of rotatable bonds is 5. The van der Waals surface area contributed by atoms with E-state index < -0.39 is 18.1 Å². The number of hydrogen-bond donors (Lipinski definition) is 3. The van der Waals surface area contributed by atoms with E-state index in [1.165, 1.54) is 6.92 Å². The van der Waals surface area contributed by atoms with Crippen LogP contribution >= 0.6 is 0 Å². The first-order chi connectivity index (χ1) is 8.09. The predicted molar refractivity (Wildman–Crippen MR) is 57.8 cm³/mol. The lowest BCUT2D eigenvalue weighted by Crippen LogP contribution is -2.39. The quantitative estimate of drug-likeness (QED) is 0.641. The van der Waals surface area contributed by atoms with Gasteiger partial charge in [-0.3, -0.25) is 9.82 Å². The fraction of sp³-hybridized carbons (Fsp3) is 0.300. The molecule has 1 atom stereocenters. The largest absolute Gasteiger partial charge is 0.479 e. The van der Waals surface area contributed by atoms with E-state index in [-0.39, 0.29) is 0 Å². The van der Waals surface area contributed by atoms with Gasteiger partial charge in [-0.05, 0) is 24.6 Å². The molecule has 0 bridgehead atoms. The molecule has 7 heteroatoms. The number of carbonyl (C=O) groups is 2. The summed E-state index contributed by atoms with van der Waals surface area (Å²) >= 11 is 0. The Hall–Kier alpha value is -2.15. The van der Waals surface area contributed by atoms with Crippen LogP contribution in [-0.4, -0.2) is 28.2 Å². The summed E-state index contributed by atoms with van der Waals surface area (Å²) in [5.74, 6) is -1.15. The van der Waals surface area contributed by atoms with Crippen molar-refractivity contribution >= 4 is 12.0 Å². The van der Waals surface area contributed by atoms with Gasteiger partial charge in [-0.25, -0.2) is 15.1 Å². The molecule has 0 radical (unpaired) electrons. The van der Waals surface area contributed by atoms with Crippen molar-refractivity contribution in [1.82, 2.24) is 15.8 Å². The highest BCUT2D eigenvalue weighted by Gasteiger charge is 2.12. The zero-order valence-electron chi connectivity index (χ0n) is 9.21. The molecule has 17 heavy (non-hydrogen) atoms. The normalized spacial score (nSPS) is 11.6. The molecule has 1 aromatic rings. The molecule has 0 spiro atoms. The minimum Gasteiger partial charge on any atom is -0.479 e. The molecule has 0 fully saturated rings. The molecule has 1 rings (SSSR count). The Kier molecular flexibility index (Phi) is 4.89. The molecule has 3 N–H and O–H groups in total. The third-order valence-corrected chi connectivity index (χ3v) is 1.88. The SMILES string of the molecule is C[C@@H](ONC(=O)NCc1ccncc1)C(=O)O. The second-order valence-electron chi connectivity index (χ2n) is 3.24. The Bertz CT molecular complexity index is 382. The monoisotopic (exact) mass is 239 g/mol. The molecule has 7 nitrogen and oxygen atoms in total. The maximum atomic E-state index is 11.2. The van der Waals surface area contributed by atoms with Crippen molar-refractivity contribution in [3.63, 3.8) is 0 Å². The molecule has 1 aromatic heterocycles. The number of carboxylic acids is 1. The maximum absolute atomic E-state index is 11.2. The van der Waals surface area contributed by atoms with Crippen molar-refractivity contribution in [2.45, 2.75) is 19.6 Å². The number of hydrogen-bond acceptors (Lipinski definition) is 4. The van der Waals surface area contributed by atoms with Crippen LogP contribution < -0.4 is 10.8 Å². The van der Waals surface area contributed by atoms with Gasteiger partial charge in [-0.15, -0.1) is 0 Å². The molecule has 0 aliphatic heterocycles. The van der Waals surface area contributed by atoms with Gasteiger partial charge < -0.3 is 10.4 Å². The van der Waals surface area contributed by atoms with Crippen LogP contribution in [0.5, 0.6) is 0 Å². The molecular weight excluding hydrogens is 226 g/mol. The number of amides is 2. The Morgan fingerprint density at radius 3 is 2.71 bits per heavy atom. The highest BCUT2D eigenvalue weighted by atomic mass is 16.7. The van der Waals surface area contributed by atoms with Crippen LogP contribution in [-0.2, 0) is 16.2 Å². The van der Waals surface area contributed by atoms with Crippen molar-refractivity contribution in [3.05, 3.63) is 30.1 Å². The first-order valence-electron chi connectivity index (χ1n) is 4.91. The number of carbonyl (C=O) groups excluding carboxylic acids is 1. The summed E-state index contributed by atoms with van der Waals surface area (Å²) in [4.78, 5) is 30.0. The Morgan fingerprint density at radius 1 is 1.47 bits per heavy atom. The fourth-order valence-electron chi connectivity index (χ4n) is 0.911. The lowest BCUT2D eigenvalue weighted by atomic mass is 10.3. The zero-order valence-corrected chi connectivity index (χ0v) is 9.21. The van der Waals surface area contributed by atoms with Crippen LogP contribution in [0.2, 0.25) is 0 Å². The zero-order chi connectivity index (χ0) is 12.7. The van der Waals surface area contributed by atoms with Crippen molar-refractivity contribution in [2.24, 2.45) is 0 Å². The standard InChI is InChI=1S/C10H13N3O4/c1-7(9(14)15)17-13-10(16)12-6-8-2-4-11-5-3-8/h2-5,7H,6H2,1H3,(H,14,15)(H2,12,13,16)/t7-/m1/s1. The number of aromatic nitrogens is 1. The maximum Gasteiger partial charge on any atom is 0.339 e. The van der Waals surface area contributed by atoms with Gasteiger partial charge >= 0.3 is 12.0 Å². The Labute approximate surface area is 97.8 Å². The smallest absolute Gasteiger partial charge is 0.339 e. The molecule has 2 amide bonds. The minimum absolute atomic E-state index is 0.305. The van der Waals surface area contributed by atoms with E-state index >= 15 is 0 Å². The number of aliphatic carboxylic acids is 1. The molecule has 0 saturated heterocycles. The van der Waals surface area contributed by atoms with Crippen molar-refractivity contribution in [3.8, 4) is 0 Å². The summed E-state index contributed by atoms with van der Waals surface area (Å²) < 4.78 is 0. The number of pyridine rings is 1. The van der Waals surface area contributed by atoms with Gasteiger partial charge in [0.15, 0.2) is 6.10 Å². The van der Waals surface area contributed by atoms with Crippen molar-refractivity contribution < 1.29 is 19.5 Å². The van der Waals surface area contributed by atoms with Gasteiger partial charge in [0.05, 0.1) is 0 Å². The van der Waals surface area contributed by atoms with Gasteiger partial charge in [-0.1, -0.05) is 0 Å². The third-order valence-electron chi connectivity index (χ3n) is 1.88. The van der Waals surface area contributed by atoms with E-state index in [0.717, 1.165) is 5.56 Å². The van der Waals surface area contributed by atoms with E-state index in [0.29, 0.717) is 6.54 Å². The Morgan fingerprint density at radius 2 is 2.12 bits per heavy atom. The average molecular weight is 239 g/mol. The highest BCUT2D eigenvalue weighted by molar-refractivity contribution is 5.74. The fourth-order valence-corrected chi connectivity index (χ4v) is 0.911. The average Bonchev–Trinajstić information content (AvgIpc) is 2.34. The van der Waals surface area contributed by atoms with Crippen molar-refractivity contribution in [1.29, 1.82) is 0 Å². The van der Waals surface area contributed by atoms with E-state index in [1.54, 1.807) is 24.5 Å². The number of nitrogens with zero attached hydrogens (tertiary/aromatic N) is 1. The first-order valence-corrected chi connectivity index (χ1v) is 4.91. The molecule has 0 unspecified atom stereocenters. The summed E-state index contributed by atoms with van der Waals surface area (Å²) in [6, 6.07) is 2.90. The summed E-state index contributed by atoms with van der Waals surface area (Å²) in [6.07, 6.45) is 2.12. The molecule has 0 aliphatic rings. The molecular formula is C10H13N3O4. The van der Waals surface area contributed by atoms with Crippen molar-refractivity contribution in [2.75, 3.05) is 0 Å². The molecule has 0 saturated carbocycles. The minimum atomic E-state index is -1.15. The number of urea groups is 1. The van der Waals surface area contributed by atoms with E-state index in [2.05, 4.69) is 15.1 Å². The van der Waals surface area contributed by atoms with E-state index in [1.807, 2.05) is 5.48 Å². The van der Waals surface area contributed by atoms with Crippen LogP contribution in [0.3, 0.4) is 0 Å². The predicted octanol–water partition coefficient (Wildman–Crippen LogP) is 0.285. The number of nitrogens with one attached hydrogen (secondary N) is 2. The van der Waals surface area contributed by atoms with Gasteiger partial charge in [0, 0.05) is 18.9 Å². The van der Waals surface area contributed by atoms with Crippen LogP contribution in [0.4, 0.5) is 4.79 Å². The molecule has 92 valence electrons. The van der Waals surface area contributed by atoms with Gasteiger partial charge in [0.25, 0.3) is 0 Å². The second kappa shape index (κ2) is 6.44. The lowest BCUT2D eigenvalue weighted by molar-refractivity contribution is -0.152. The summed E-state index contributed by atoms with van der Waals surface area (Å²) in [5.41, 5.74) is 2.86. The molecule has 1 heterocycles. The topological polar surface area (TPSA) is 101 Å². The summed E-state index contributed by atoms with van der Waals surface area (Å²) in [6.45, 7) is 1.62. The lowest BCUT2D eigenvalue weighted by Gasteiger charge is -2.10. The van der Waals surface area contributed by atoms with Crippen LogP contribution in [0.1, 0.15) is 12.5 Å².